The van der Waals surface area contributed by atoms with E-state index in [1.165, 1.54) is 173 Å². The Morgan fingerprint density at radius 3 is 1.17 bits per heavy atom. The molecule has 0 unspecified atom stereocenters. The molecule has 0 amide bonds. The molecule has 46 heavy (non-hydrogen) atoms. The molecule has 0 saturated carbocycles. The maximum absolute atomic E-state index is 12.3. The lowest BCUT2D eigenvalue weighted by atomic mass is 9.95. The zero-order chi connectivity index (χ0) is 33.1. The van der Waals surface area contributed by atoms with E-state index < -0.39 is 10.1 Å². The molecule has 0 heterocycles. The van der Waals surface area contributed by atoms with Gasteiger partial charge in [0.1, 0.15) is 0 Å². The summed E-state index contributed by atoms with van der Waals surface area (Å²) in [6, 6.07) is 9.99. The Bertz CT molecular complexity index is 1120. The van der Waals surface area contributed by atoms with E-state index in [-0.39, 0.29) is 4.90 Å². The summed E-state index contributed by atoms with van der Waals surface area (Å²) in [7, 11) is -4.25. The first-order valence-corrected chi connectivity index (χ1v) is 21.4. The predicted molar refractivity (Wildman–Crippen MR) is 202 cm³/mol. The molecule has 2 rings (SSSR count). The van der Waals surface area contributed by atoms with Crippen LogP contribution in [0.4, 0.5) is 0 Å². The minimum absolute atomic E-state index is 0.100. The Labute approximate surface area is 285 Å². The van der Waals surface area contributed by atoms with Crippen molar-refractivity contribution in [2.24, 2.45) is 0 Å². The fourth-order valence-electron chi connectivity index (χ4n) is 7.09. The van der Waals surface area contributed by atoms with Crippen LogP contribution in [0.2, 0.25) is 0 Å². The molecule has 264 valence electrons. The molecule has 0 aliphatic heterocycles. The van der Waals surface area contributed by atoms with Crippen molar-refractivity contribution < 1.29 is 13.0 Å². The van der Waals surface area contributed by atoms with Crippen LogP contribution in [-0.4, -0.2) is 13.0 Å². The molecule has 0 aromatic heterocycles. The van der Waals surface area contributed by atoms with Crippen molar-refractivity contribution in [2.75, 3.05) is 0 Å². The Hall–Kier alpha value is -1.39. The Kier molecular flexibility index (Phi) is 23.5. The zero-order valence-electron chi connectivity index (χ0n) is 30.3. The largest absolute Gasteiger partial charge is 0.294 e. The smallest absolute Gasteiger partial charge is 0.282 e. The van der Waals surface area contributed by atoms with Crippen LogP contribution >= 0.6 is 0 Å². The van der Waals surface area contributed by atoms with Gasteiger partial charge in [0.05, 0.1) is 4.90 Å². The highest BCUT2D eigenvalue weighted by atomic mass is 32.2. The average molecular weight is 657 g/mol. The average Bonchev–Trinajstić information content (AvgIpc) is 3.04. The molecule has 3 nitrogen and oxygen atoms in total. The van der Waals surface area contributed by atoms with Gasteiger partial charge in [0.2, 0.25) is 0 Å². The summed E-state index contributed by atoms with van der Waals surface area (Å²) in [5.41, 5.74) is 2.09. The van der Waals surface area contributed by atoms with Gasteiger partial charge in [-0.05, 0) is 59.7 Å². The number of benzene rings is 2. The van der Waals surface area contributed by atoms with Gasteiger partial charge in [-0.2, -0.15) is 8.42 Å². The van der Waals surface area contributed by atoms with Crippen molar-refractivity contribution >= 4 is 20.9 Å². The number of fused-ring (bicyclic) bond motifs is 1. The normalized spacial score (nSPS) is 12.0. The molecule has 2 aromatic rings. The van der Waals surface area contributed by atoms with Gasteiger partial charge in [0.15, 0.2) is 0 Å². The molecule has 0 atom stereocenters. The van der Waals surface area contributed by atoms with Gasteiger partial charge >= 0.3 is 0 Å². The van der Waals surface area contributed by atoms with Gasteiger partial charge in [-0.1, -0.05) is 199 Å². The molecule has 2 aromatic carbocycles. The molecule has 0 fully saturated rings. The van der Waals surface area contributed by atoms with E-state index in [2.05, 4.69) is 26.0 Å². The first-order chi connectivity index (χ1) is 22.5. The van der Waals surface area contributed by atoms with Crippen molar-refractivity contribution in [3.05, 3.63) is 41.5 Å². The second kappa shape index (κ2) is 26.6. The SMILES string of the molecule is CCCCCCCCCCCCCCCCc1cc2c(CCCCCCCCCCCCCCCC)cccc2cc1S(=O)(=O)O. The fourth-order valence-corrected chi connectivity index (χ4v) is 7.86. The summed E-state index contributed by atoms with van der Waals surface area (Å²) >= 11 is 0. The minimum atomic E-state index is -4.25. The second-order valence-electron chi connectivity index (χ2n) is 14.3. The Balaban J connectivity index is 1.68. The summed E-state index contributed by atoms with van der Waals surface area (Å²) in [5.74, 6) is 0. The molecule has 4 heteroatoms. The maximum atomic E-state index is 12.3. The standard InChI is InChI=1S/C42H72O3S/c1-3-5-7-9-11-13-15-17-19-21-23-25-27-29-32-38-34-31-35-39-37-42(46(43,44)45)40(36-41(38)39)33-30-28-26-24-22-20-18-16-14-12-10-8-6-4-2/h31,34-37H,3-30,32-33H2,1-2H3,(H,43,44,45). The van der Waals surface area contributed by atoms with Gasteiger partial charge < -0.3 is 0 Å². The van der Waals surface area contributed by atoms with Gasteiger partial charge in [-0.15, -0.1) is 0 Å². The van der Waals surface area contributed by atoms with Crippen LogP contribution in [0.5, 0.6) is 0 Å². The van der Waals surface area contributed by atoms with Crippen LogP contribution in [0.1, 0.15) is 205 Å². The van der Waals surface area contributed by atoms with E-state index in [0.29, 0.717) is 6.42 Å². The molecule has 0 aliphatic rings. The summed E-state index contributed by atoms with van der Waals surface area (Å²) in [5, 5.41) is 2.07. The van der Waals surface area contributed by atoms with Crippen molar-refractivity contribution in [1.29, 1.82) is 0 Å². The topological polar surface area (TPSA) is 54.4 Å². The van der Waals surface area contributed by atoms with Crippen LogP contribution in [-0.2, 0) is 23.0 Å². The van der Waals surface area contributed by atoms with Crippen LogP contribution in [0, 0.1) is 0 Å². The van der Waals surface area contributed by atoms with Crippen LogP contribution in [0.25, 0.3) is 10.8 Å². The van der Waals surface area contributed by atoms with E-state index in [0.717, 1.165) is 35.6 Å². The first kappa shape index (κ1) is 40.8. The zero-order valence-corrected chi connectivity index (χ0v) is 31.1. The second-order valence-corrected chi connectivity index (χ2v) is 15.7. The van der Waals surface area contributed by atoms with E-state index in [1.807, 2.05) is 12.1 Å². The molecule has 0 bridgehead atoms. The highest BCUT2D eigenvalue weighted by Gasteiger charge is 2.17. The lowest BCUT2D eigenvalue weighted by molar-refractivity contribution is 0.481. The number of rotatable bonds is 31. The van der Waals surface area contributed by atoms with Crippen LogP contribution < -0.4 is 0 Å². The van der Waals surface area contributed by atoms with Gasteiger partial charge in [0.25, 0.3) is 10.1 Å². The number of unbranched alkanes of at least 4 members (excludes halogenated alkanes) is 26. The molecular weight excluding hydrogens is 585 g/mol. The van der Waals surface area contributed by atoms with Crippen LogP contribution in [0.15, 0.2) is 35.2 Å². The van der Waals surface area contributed by atoms with E-state index in [4.69, 9.17) is 0 Å². The van der Waals surface area contributed by atoms with E-state index >= 15 is 0 Å². The molecule has 0 saturated heterocycles. The Morgan fingerprint density at radius 1 is 0.457 bits per heavy atom. The lowest BCUT2D eigenvalue weighted by Gasteiger charge is -2.13. The molecule has 0 spiro atoms. The molecule has 0 radical (unpaired) electrons. The third kappa shape index (κ3) is 18.8. The van der Waals surface area contributed by atoms with Crippen LogP contribution in [0.3, 0.4) is 0 Å². The number of aryl methyl sites for hydroxylation is 2. The fraction of sp³-hybridized carbons (Fsp3) is 0.762. The minimum Gasteiger partial charge on any atom is -0.282 e. The Morgan fingerprint density at radius 2 is 0.804 bits per heavy atom. The lowest BCUT2D eigenvalue weighted by Crippen LogP contribution is -2.04. The molecule has 0 aliphatic carbocycles. The molecular formula is C42H72O3S. The predicted octanol–water partition coefficient (Wildman–Crippen LogP) is 14.1. The summed E-state index contributed by atoms with van der Waals surface area (Å²) < 4.78 is 34.6. The molecule has 1 N–H and O–H groups in total. The number of hydrogen-bond acceptors (Lipinski definition) is 2. The highest BCUT2D eigenvalue weighted by molar-refractivity contribution is 7.85. The summed E-state index contributed by atoms with van der Waals surface area (Å²) in [4.78, 5) is 0.100. The van der Waals surface area contributed by atoms with Crippen molar-refractivity contribution in [2.45, 2.75) is 211 Å². The van der Waals surface area contributed by atoms with Gasteiger partial charge in [-0.25, -0.2) is 0 Å². The first-order valence-electron chi connectivity index (χ1n) is 20.0. The quantitative estimate of drug-likeness (QED) is 0.0649. The van der Waals surface area contributed by atoms with E-state index in [1.54, 1.807) is 6.07 Å². The monoisotopic (exact) mass is 657 g/mol. The van der Waals surface area contributed by atoms with Crippen molar-refractivity contribution in [1.82, 2.24) is 0 Å². The third-order valence-corrected chi connectivity index (χ3v) is 11.0. The van der Waals surface area contributed by atoms with Crippen molar-refractivity contribution in [3.8, 4) is 0 Å². The number of hydrogen-bond donors (Lipinski definition) is 1. The summed E-state index contributed by atoms with van der Waals surface area (Å²) in [6.07, 6.45) is 39.1. The summed E-state index contributed by atoms with van der Waals surface area (Å²) in [6.45, 7) is 4.56. The van der Waals surface area contributed by atoms with Crippen molar-refractivity contribution in [3.63, 3.8) is 0 Å². The van der Waals surface area contributed by atoms with E-state index in [9.17, 15) is 13.0 Å². The van der Waals surface area contributed by atoms with Gasteiger partial charge in [-0.3, -0.25) is 4.55 Å². The van der Waals surface area contributed by atoms with Gasteiger partial charge in [0, 0.05) is 0 Å². The maximum Gasteiger partial charge on any atom is 0.294 e. The highest BCUT2D eigenvalue weighted by Crippen LogP contribution is 2.29. The third-order valence-electron chi connectivity index (χ3n) is 10.0.